The lowest BCUT2D eigenvalue weighted by atomic mass is 10.1. The highest BCUT2D eigenvalue weighted by Gasteiger charge is 2.20. The van der Waals surface area contributed by atoms with E-state index in [4.69, 9.17) is 10.8 Å². The van der Waals surface area contributed by atoms with Gasteiger partial charge in [-0.05, 0) is 23.3 Å². The first kappa shape index (κ1) is 14.0. The maximum atomic E-state index is 11.3. The van der Waals surface area contributed by atoms with Crippen LogP contribution in [0.4, 0.5) is 4.79 Å². The van der Waals surface area contributed by atoms with Crippen molar-refractivity contribution in [1.29, 1.82) is 0 Å². The molecule has 1 aliphatic heterocycles. The Balaban J connectivity index is 1.91. The summed E-state index contributed by atoms with van der Waals surface area (Å²) in [5, 5.41) is 10.9. The highest BCUT2D eigenvalue weighted by atomic mass is 16.4. The maximum Gasteiger partial charge on any atom is 0.335 e. The monoisotopic (exact) mass is 277 g/mol. The van der Waals surface area contributed by atoms with Gasteiger partial charge >= 0.3 is 12.0 Å². The van der Waals surface area contributed by atoms with Gasteiger partial charge in [0.1, 0.15) is 0 Å². The van der Waals surface area contributed by atoms with Crippen molar-refractivity contribution in [3.63, 3.8) is 0 Å². The minimum atomic E-state index is -0.952. The number of aromatic carboxylic acids is 1. The van der Waals surface area contributed by atoms with E-state index in [1.807, 2.05) is 10.2 Å². The molecule has 2 rings (SSSR count). The molecule has 3 amide bonds. The highest BCUT2D eigenvalue weighted by molar-refractivity contribution is 5.93. The van der Waals surface area contributed by atoms with E-state index < -0.39 is 17.9 Å². The largest absolute Gasteiger partial charge is 0.478 e. The fourth-order valence-corrected chi connectivity index (χ4v) is 2.22. The number of nitrogens with two attached hydrogens (primary N) is 1. The number of nitrogens with zero attached hydrogens (tertiary/aromatic N) is 1. The SMILES string of the molecule is NC(=O)NC(=O)CCN1Cc2ccc(C(=O)O)cc2C1. The lowest BCUT2D eigenvalue weighted by molar-refractivity contribution is -0.120. The van der Waals surface area contributed by atoms with Crippen LogP contribution in [-0.2, 0) is 17.9 Å². The van der Waals surface area contributed by atoms with Gasteiger partial charge in [0.2, 0.25) is 5.91 Å². The van der Waals surface area contributed by atoms with Crippen molar-refractivity contribution in [3.8, 4) is 0 Å². The first-order valence-corrected chi connectivity index (χ1v) is 6.12. The summed E-state index contributed by atoms with van der Waals surface area (Å²) in [4.78, 5) is 34.7. The fourth-order valence-electron chi connectivity index (χ4n) is 2.22. The van der Waals surface area contributed by atoms with Gasteiger partial charge in [-0.25, -0.2) is 9.59 Å². The number of primary amides is 1. The molecule has 0 saturated heterocycles. The van der Waals surface area contributed by atoms with Gasteiger partial charge < -0.3 is 10.8 Å². The number of carboxylic acids is 1. The van der Waals surface area contributed by atoms with Gasteiger partial charge in [0.05, 0.1) is 5.56 Å². The number of hydrogen-bond donors (Lipinski definition) is 3. The summed E-state index contributed by atoms with van der Waals surface area (Å²) in [6.45, 7) is 1.75. The van der Waals surface area contributed by atoms with Gasteiger partial charge in [0, 0.05) is 26.1 Å². The maximum absolute atomic E-state index is 11.3. The molecule has 1 aromatic carbocycles. The summed E-state index contributed by atoms with van der Waals surface area (Å²) < 4.78 is 0. The molecule has 0 radical (unpaired) electrons. The molecule has 0 saturated carbocycles. The predicted octanol–water partition coefficient (Wildman–Crippen LogP) is 0.285. The number of nitrogens with one attached hydrogen (secondary N) is 1. The zero-order chi connectivity index (χ0) is 14.7. The topological polar surface area (TPSA) is 113 Å². The van der Waals surface area contributed by atoms with E-state index in [1.54, 1.807) is 18.2 Å². The minimum absolute atomic E-state index is 0.169. The summed E-state index contributed by atoms with van der Waals surface area (Å²) in [6, 6.07) is 4.17. The standard InChI is InChI=1S/C13H15N3O4/c14-13(20)15-11(17)3-4-16-6-9-2-1-8(12(18)19)5-10(9)7-16/h1-2,5H,3-4,6-7H2,(H,18,19)(H3,14,15,17,20). The zero-order valence-electron chi connectivity index (χ0n) is 10.8. The van der Waals surface area contributed by atoms with Gasteiger partial charge in [-0.1, -0.05) is 6.07 Å². The third-order valence-electron chi connectivity index (χ3n) is 3.16. The molecule has 106 valence electrons. The summed E-state index contributed by atoms with van der Waals surface area (Å²) >= 11 is 0. The van der Waals surface area contributed by atoms with Gasteiger partial charge in [0.15, 0.2) is 0 Å². The number of urea groups is 1. The highest BCUT2D eigenvalue weighted by Crippen LogP contribution is 2.23. The Morgan fingerprint density at radius 1 is 1.25 bits per heavy atom. The average molecular weight is 277 g/mol. The number of carboxylic acid groups (broad SMARTS) is 1. The Hall–Kier alpha value is -2.41. The average Bonchev–Trinajstić information content (AvgIpc) is 2.77. The van der Waals surface area contributed by atoms with Crippen LogP contribution in [0.3, 0.4) is 0 Å². The molecule has 1 heterocycles. The van der Waals surface area contributed by atoms with Crippen molar-refractivity contribution in [2.75, 3.05) is 6.54 Å². The van der Waals surface area contributed by atoms with Crippen LogP contribution in [0, 0.1) is 0 Å². The molecule has 4 N–H and O–H groups in total. The molecule has 0 fully saturated rings. The van der Waals surface area contributed by atoms with Crippen molar-refractivity contribution in [3.05, 3.63) is 34.9 Å². The molecule has 1 aliphatic rings. The van der Waals surface area contributed by atoms with Crippen LogP contribution in [0.1, 0.15) is 27.9 Å². The number of benzene rings is 1. The summed E-state index contributed by atoms with van der Waals surface area (Å²) in [5.41, 5.74) is 7.13. The molecular formula is C13H15N3O4. The molecule has 0 spiro atoms. The molecule has 7 nitrogen and oxygen atoms in total. The van der Waals surface area contributed by atoms with Gasteiger partial charge in [-0.3, -0.25) is 15.0 Å². The van der Waals surface area contributed by atoms with E-state index in [2.05, 4.69) is 0 Å². The van der Waals surface area contributed by atoms with Crippen LogP contribution in [0.15, 0.2) is 18.2 Å². The quantitative estimate of drug-likeness (QED) is 0.732. The molecule has 1 aromatic rings. The number of hydrogen-bond acceptors (Lipinski definition) is 4. The van der Waals surface area contributed by atoms with Crippen LogP contribution in [0.25, 0.3) is 0 Å². The number of rotatable bonds is 4. The summed E-state index contributed by atoms with van der Waals surface area (Å²) in [7, 11) is 0. The Morgan fingerprint density at radius 2 is 1.95 bits per heavy atom. The molecule has 0 atom stereocenters. The molecular weight excluding hydrogens is 262 g/mol. The predicted molar refractivity (Wildman–Crippen MR) is 69.9 cm³/mol. The normalized spacial score (nSPS) is 13.8. The minimum Gasteiger partial charge on any atom is -0.478 e. The smallest absolute Gasteiger partial charge is 0.335 e. The van der Waals surface area contributed by atoms with Crippen LogP contribution < -0.4 is 11.1 Å². The third-order valence-corrected chi connectivity index (χ3v) is 3.16. The van der Waals surface area contributed by atoms with Crippen molar-refractivity contribution < 1.29 is 19.5 Å². The third kappa shape index (κ3) is 3.33. The van der Waals surface area contributed by atoms with Gasteiger partial charge in [-0.15, -0.1) is 0 Å². The fraction of sp³-hybridized carbons (Fsp3) is 0.308. The van der Waals surface area contributed by atoms with E-state index in [0.717, 1.165) is 11.1 Å². The van der Waals surface area contributed by atoms with Gasteiger partial charge in [-0.2, -0.15) is 0 Å². The first-order valence-electron chi connectivity index (χ1n) is 6.12. The van der Waals surface area contributed by atoms with Gasteiger partial charge in [0.25, 0.3) is 0 Å². The number of carbonyl (C=O) groups excluding carboxylic acids is 2. The van der Waals surface area contributed by atoms with Crippen molar-refractivity contribution >= 4 is 17.9 Å². The molecule has 0 unspecified atom stereocenters. The number of amides is 3. The van der Waals surface area contributed by atoms with E-state index >= 15 is 0 Å². The lowest BCUT2D eigenvalue weighted by Gasteiger charge is -2.13. The number of imide groups is 1. The second kappa shape index (κ2) is 5.70. The van der Waals surface area contributed by atoms with E-state index in [-0.39, 0.29) is 12.0 Å². The number of carbonyl (C=O) groups is 3. The van der Waals surface area contributed by atoms with Crippen LogP contribution in [-0.4, -0.2) is 34.5 Å². The molecule has 0 aromatic heterocycles. The second-order valence-electron chi connectivity index (χ2n) is 4.66. The lowest BCUT2D eigenvalue weighted by Crippen LogP contribution is -2.36. The Morgan fingerprint density at radius 3 is 2.60 bits per heavy atom. The molecule has 20 heavy (non-hydrogen) atoms. The Labute approximate surface area is 115 Å². The van der Waals surface area contributed by atoms with Crippen molar-refractivity contribution in [2.45, 2.75) is 19.5 Å². The molecule has 7 heteroatoms. The molecule has 0 aliphatic carbocycles. The van der Waals surface area contributed by atoms with Crippen molar-refractivity contribution in [1.82, 2.24) is 10.2 Å². The summed E-state index contributed by atoms with van der Waals surface area (Å²) in [6.07, 6.45) is 0.169. The Bertz CT molecular complexity index is 571. The Kier molecular flexibility index (Phi) is 3.99. The van der Waals surface area contributed by atoms with E-state index in [0.29, 0.717) is 19.6 Å². The van der Waals surface area contributed by atoms with Crippen molar-refractivity contribution in [2.24, 2.45) is 5.73 Å². The molecule has 0 bridgehead atoms. The first-order chi connectivity index (χ1) is 9.45. The van der Waals surface area contributed by atoms with E-state index in [9.17, 15) is 14.4 Å². The second-order valence-corrected chi connectivity index (χ2v) is 4.66. The number of fused-ring (bicyclic) bond motifs is 1. The van der Waals surface area contributed by atoms with E-state index in [1.165, 1.54) is 0 Å². The van der Waals surface area contributed by atoms with Crippen LogP contribution in [0.2, 0.25) is 0 Å². The van der Waals surface area contributed by atoms with Crippen LogP contribution >= 0.6 is 0 Å². The zero-order valence-corrected chi connectivity index (χ0v) is 10.8. The summed E-state index contributed by atoms with van der Waals surface area (Å²) in [5.74, 6) is -1.37. The van der Waals surface area contributed by atoms with Crippen LogP contribution in [0.5, 0.6) is 0 Å².